The molecule has 0 aliphatic carbocycles. The summed E-state index contributed by atoms with van der Waals surface area (Å²) < 4.78 is 15.5. The highest BCUT2D eigenvalue weighted by atomic mass is 16.5. The molecule has 0 atom stereocenters. The maximum Gasteiger partial charge on any atom is 0.185 e. The van der Waals surface area contributed by atoms with E-state index in [1.165, 1.54) is 26.4 Å². The Bertz CT molecular complexity index is 838. The summed E-state index contributed by atoms with van der Waals surface area (Å²) in [6.07, 6.45) is 2.69. The molecule has 0 aliphatic rings. The number of carboxylic acids is 1. The number of methoxy groups -OCH3 is 3. The van der Waals surface area contributed by atoms with Crippen LogP contribution in [0.2, 0.25) is 0 Å². The van der Waals surface area contributed by atoms with Crippen LogP contribution in [0.25, 0.3) is 6.08 Å². The van der Waals surface area contributed by atoms with Crippen LogP contribution in [-0.2, 0) is 11.2 Å². The number of carboxylic acid groups (broad SMARTS) is 1. The fourth-order valence-corrected chi connectivity index (χ4v) is 2.44. The Morgan fingerprint density at radius 1 is 0.962 bits per heavy atom. The first-order chi connectivity index (χ1) is 12.5. The number of carbonyl (C=O) groups excluding carboxylic acids is 2. The lowest BCUT2D eigenvalue weighted by Crippen LogP contribution is -2.24. The Morgan fingerprint density at radius 3 is 2.31 bits per heavy atom. The van der Waals surface area contributed by atoms with E-state index >= 15 is 0 Å². The molecule has 0 unspecified atom stereocenters. The number of aliphatic carboxylic acids is 1. The Kier molecular flexibility index (Phi) is 6.38. The molecular weight excluding hydrogens is 336 g/mol. The first-order valence-electron chi connectivity index (χ1n) is 7.79. The maximum atomic E-state index is 12.4. The van der Waals surface area contributed by atoms with Gasteiger partial charge in [0.1, 0.15) is 17.2 Å². The second kappa shape index (κ2) is 8.71. The number of ketones is 1. The van der Waals surface area contributed by atoms with Crippen LogP contribution in [0.4, 0.5) is 0 Å². The molecule has 6 heteroatoms. The van der Waals surface area contributed by atoms with E-state index in [2.05, 4.69) is 0 Å². The smallest absolute Gasteiger partial charge is 0.185 e. The van der Waals surface area contributed by atoms with Gasteiger partial charge < -0.3 is 24.1 Å². The molecule has 6 nitrogen and oxygen atoms in total. The molecule has 26 heavy (non-hydrogen) atoms. The summed E-state index contributed by atoms with van der Waals surface area (Å²) in [6.45, 7) is 0. The molecule has 0 fully saturated rings. The minimum atomic E-state index is -1.24. The Labute approximate surface area is 151 Å². The maximum absolute atomic E-state index is 12.4. The largest absolute Gasteiger partial charge is 0.550 e. The van der Waals surface area contributed by atoms with Gasteiger partial charge in [0.25, 0.3) is 0 Å². The average molecular weight is 355 g/mol. The standard InChI is InChI=1S/C20H20O6/c1-24-16-7-4-13(19(12-16)26-3)5-8-17(21)14-6-9-18(25-2)15(10-14)11-20(22)23/h4-10,12H,11H2,1-3H3,(H,22,23)/p-1/b8-5+. The highest BCUT2D eigenvalue weighted by molar-refractivity contribution is 6.07. The number of ether oxygens (including phenoxy) is 3. The van der Waals surface area contributed by atoms with E-state index in [-0.39, 0.29) is 12.2 Å². The van der Waals surface area contributed by atoms with Crippen molar-refractivity contribution in [3.8, 4) is 17.2 Å². The molecule has 0 bridgehead atoms. The van der Waals surface area contributed by atoms with Crippen molar-refractivity contribution in [2.45, 2.75) is 6.42 Å². The van der Waals surface area contributed by atoms with E-state index in [1.54, 1.807) is 43.5 Å². The lowest BCUT2D eigenvalue weighted by atomic mass is 10.0. The third kappa shape index (κ3) is 4.63. The summed E-state index contributed by atoms with van der Waals surface area (Å²) in [5.74, 6) is 0.0938. The highest BCUT2D eigenvalue weighted by Crippen LogP contribution is 2.26. The summed E-state index contributed by atoms with van der Waals surface area (Å²) >= 11 is 0. The number of hydrogen-bond donors (Lipinski definition) is 0. The lowest BCUT2D eigenvalue weighted by Gasteiger charge is -2.10. The van der Waals surface area contributed by atoms with Gasteiger partial charge in [-0.1, -0.05) is 0 Å². The van der Waals surface area contributed by atoms with Crippen LogP contribution in [0.5, 0.6) is 17.2 Å². The Balaban J connectivity index is 2.27. The number of allylic oxidation sites excluding steroid dienone is 1. The zero-order valence-electron chi connectivity index (χ0n) is 14.8. The summed E-state index contributed by atoms with van der Waals surface area (Å²) in [6, 6.07) is 9.89. The van der Waals surface area contributed by atoms with E-state index in [0.717, 1.165) is 0 Å². The molecule has 2 aromatic carbocycles. The lowest BCUT2D eigenvalue weighted by molar-refractivity contribution is -0.304. The van der Waals surface area contributed by atoms with E-state index in [9.17, 15) is 14.7 Å². The quantitative estimate of drug-likeness (QED) is 0.531. The van der Waals surface area contributed by atoms with Crippen molar-refractivity contribution in [2.24, 2.45) is 0 Å². The van der Waals surface area contributed by atoms with Crippen molar-refractivity contribution in [2.75, 3.05) is 21.3 Å². The van der Waals surface area contributed by atoms with Gasteiger partial charge in [-0.25, -0.2) is 0 Å². The predicted molar refractivity (Wildman–Crippen MR) is 94.6 cm³/mol. The van der Waals surface area contributed by atoms with Crippen molar-refractivity contribution >= 4 is 17.8 Å². The molecule has 0 aromatic heterocycles. The first-order valence-corrected chi connectivity index (χ1v) is 7.79. The zero-order chi connectivity index (χ0) is 19.1. The van der Waals surface area contributed by atoms with E-state index in [0.29, 0.717) is 33.9 Å². The van der Waals surface area contributed by atoms with E-state index in [4.69, 9.17) is 14.2 Å². The van der Waals surface area contributed by atoms with Crippen LogP contribution in [0.15, 0.2) is 42.5 Å². The van der Waals surface area contributed by atoms with Crippen molar-refractivity contribution in [3.05, 3.63) is 59.2 Å². The van der Waals surface area contributed by atoms with E-state index < -0.39 is 5.97 Å². The molecule has 0 saturated carbocycles. The van der Waals surface area contributed by atoms with Gasteiger partial charge in [0.15, 0.2) is 5.78 Å². The fraction of sp³-hybridized carbons (Fsp3) is 0.200. The van der Waals surface area contributed by atoms with Crippen LogP contribution in [0.3, 0.4) is 0 Å². The minimum absolute atomic E-state index is 0.273. The van der Waals surface area contributed by atoms with E-state index in [1.807, 2.05) is 0 Å². The summed E-state index contributed by atoms with van der Waals surface area (Å²) in [5.41, 5.74) is 1.45. The average Bonchev–Trinajstić information content (AvgIpc) is 2.65. The monoisotopic (exact) mass is 355 g/mol. The molecule has 2 rings (SSSR count). The van der Waals surface area contributed by atoms with Crippen molar-refractivity contribution in [1.29, 1.82) is 0 Å². The summed E-state index contributed by atoms with van der Waals surface area (Å²) in [4.78, 5) is 23.3. The third-order valence-corrected chi connectivity index (χ3v) is 3.75. The number of carbonyl (C=O) groups is 2. The topological polar surface area (TPSA) is 84.9 Å². The number of rotatable bonds is 8. The Morgan fingerprint density at radius 2 is 1.69 bits per heavy atom. The molecule has 0 radical (unpaired) electrons. The molecule has 0 aliphatic heterocycles. The molecule has 0 saturated heterocycles. The van der Waals surface area contributed by atoms with Crippen molar-refractivity contribution < 1.29 is 28.9 Å². The highest BCUT2D eigenvalue weighted by Gasteiger charge is 2.09. The Hall–Kier alpha value is -3.28. The molecular formula is C20H19O6-. The van der Waals surface area contributed by atoms with Gasteiger partial charge in [0.05, 0.1) is 21.3 Å². The molecule has 0 spiro atoms. The van der Waals surface area contributed by atoms with Crippen molar-refractivity contribution in [3.63, 3.8) is 0 Å². The second-order valence-electron chi connectivity index (χ2n) is 5.38. The predicted octanol–water partition coefficient (Wildman–Crippen LogP) is 1.90. The van der Waals surface area contributed by atoms with Crippen LogP contribution in [0.1, 0.15) is 21.5 Å². The van der Waals surface area contributed by atoms with Gasteiger partial charge in [0, 0.05) is 35.1 Å². The van der Waals surface area contributed by atoms with Crippen LogP contribution < -0.4 is 19.3 Å². The van der Waals surface area contributed by atoms with Gasteiger partial charge in [-0.05, 0) is 42.5 Å². The number of benzene rings is 2. The van der Waals surface area contributed by atoms with Crippen LogP contribution >= 0.6 is 0 Å². The van der Waals surface area contributed by atoms with Gasteiger partial charge >= 0.3 is 0 Å². The fourth-order valence-electron chi connectivity index (χ4n) is 2.44. The van der Waals surface area contributed by atoms with Crippen LogP contribution in [0, 0.1) is 0 Å². The normalized spacial score (nSPS) is 10.6. The third-order valence-electron chi connectivity index (χ3n) is 3.75. The van der Waals surface area contributed by atoms with Gasteiger partial charge in [-0.2, -0.15) is 0 Å². The summed E-state index contributed by atoms with van der Waals surface area (Å²) in [7, 11) is 4.52. The van der Waals surface area contributed by atoms with Crippen LogP contribution in [-0.4, -0.2) is 33.1 Å². The zero-order valence-corrected chi connectivity index (χ0v) is 14.8. The molecule has 0 heterocycles. The molecule has 0 amide bonds. The van der Waals surface area contributed by atoms with Gasteiger partial charge in [0.2, 0.25) is 0 Å². The SMILES string of the molecule is COc1ccc(/C=C/C(=O)c2ccc(OC)c(CC(=O)[O-])c2)c(OC)c1. The summed E-state index contributed by atoms with van der Waals surface area (Å²) in [5, 5.41) is 10.9. The minimum Gasteiger partial charge on any atom is -0.550 e. The van der Waals surface area contributed by atoms with Gasteiger partial charge in [-0.15, -0.1) is 0 Å². The van der Waals surface area contributed by atoms with Gasteiger partial charge in [-0.3, -0.25) is 4.79 Å². The second-order valence-corrected chi connectivity index (χ2v) is 5.38. The molecule has 0 N–H and O–H groups in total. The van der Waals surface area contributed by atoms with Crippen molar-refractivity contribution in [1.82, 2.24) is 0 Å². The molecule has 2 aromatic rings. The molecule has 136 valence electrons. The number of hydrogen-bond acceptors (Lipinski definition) is 6. The first kappa shape index (κ1) is 19.1.